The van der Waals surface area contributed by atoms with Gasteiger partial charge in [-0.3, -0.25) is 8.51 Å². The summed E-state index contributed by atoms with van der Waals surface area (Å²) >= 11 is 9.68. The van der Waals surface area contributed by atoms with Gasteiger partial charge in [-0.15, -0.1) is 0 Å². The van der Waals surface area contributed by atoms with E-state index in [0.29, 0.717) is 34.3 Å². The van der Waals surface area contributed by atoms with E-state index in [0.717, 1.165) is 34.2 Å². The van der Waals surface area contributed by atoms with Crippen molar-refractivity contribution >= 4 is 46.1 Å². The minimum absolute atomic E-state index is 0.425. The molecule has 0 aliphatic heterocycles. The number of carboxylic acids is 1. The van der Waals surface area contributed by atoms with Crippen molar-refractivity contribution in [3.8, 4) is 16.9 Å². The number of rotatable bonds is 7. The molecular formula is C25H22Cl2NO5S-. The van der Waals surface area contributed by atoms with E-state index in [9.17, 15) is 13.6 Å². The van der Waals surface area contributed by atoms with Crippen LogP contribution in [0.1, 0.15) is 35.6 Å². The maximum atomic E-state index is 12.4. The number of fused-ring (bicyclic) bond motifs is 1. The fourth-order valence-corrected chi connectivity index (χ4v) is 5.46. The van der Waals surface area contributed by atoms with E-state index >= 15 is 0 Å². The van der Waals surface area contributed by atoms with Crippen molar-refractivity contribution in [2.24, 2.45) is 0 Å². The summed E-state index contributed by atoms with van der Waals surface area (Å²) in [5.41, 5.74) is 4.92. The van der Waals surface area contributed by atoms with Gasteiger partial charge in [0.1, 0.15) is 5.75 Å². The zero-order valence-corrected chi connectivity index (χ0v) is 20.6. The van der Waals surface area contributed by atoms with Crippen LogP contribution in [0.25, 0.3) is 11.1 Å². The summed E-state index contributed by atoms with van der Waals surface area (Å²) in [6.07, 6.45) is 2.08. The highest BCUT2D eigenvalue weighted by molar-refractivity contribution is 7.80. The Hall–Kier alpha value is -2.58. The molecule has 34 heavy (non-hydrogen) atoms. The number of carbonyl (C=O) groups is 1. The van der Waals surface area contributed by atoms with Gasteiger partial charge in [0.25, 0.3) is 0 Å². The Morgan fingerprint density at radius 1 is 1.18 bits per heavy atom. The molecule has 0 radical (unpaired) electrons. The monoisotopic (exact) mass is 518 g/mol. The number of hydrogen-bond acceptors (Lipinski definition) is 4. The second-order valence-electron chi connectivity index (χ2n) is 8.09. The molecule has 0 spiro atoms. The zero-order valence-electron chi connectivity index (χ0n) is 18.3. The van der Waals surface area contributed by atoms with E-state index in [1.54, 1.807) is 30.3 Å². The quantitative estimate of drug-likeness (QED) is 0.381. The summed E-state index contributed by atoms with van der Waals surface area (Å²) in [6, 6.07) is 15.8. The second kappa shape index (κ2) is 10.4. The highest BCUT2D eigenvalue weighted by Gasteiger charge is 2.29. The average molecular weight is 519 g/mol. The fourth-order valence-electron chi connectivity index (χ4n) is 4.45. The van der Waals surface area contributed by atoms with Gasteiger partial charge in [0.05, 0.1) is 16.1 Å². The summed E-state index contributed by atoms with van der Waals surface area (Å²) in [4.78, 5) is 11.0. The Bertz CT molecular complexity index is 1270. The fraction of sp³-hybridized carbons (Fsp3) is 0.240. The van der Waals surface area contributed by atoms with Crippen molar-refractivity contribution in [3.05, 3.63) is 81.3 Å². The van der Waals surface area contributed by atoms with Crippen molar-refractivity contribution in [2.75, 3.05) is 10.9 Å². The topological polar surface area (TPSA) is 89.9 Å². The molecule has 0 fully saturated rings. The molecule has 4 rings (SSSR count). The van der Waals surface area contributed by atoms with E-state index in [-0.39, 0.29) is 0 Å². The summed E-state index contributed by atoms with van der Waals surface area (Å²) in [5.74, 6) is -0.586. The Balaban J connectivity index is 1.71. The highest BCUT2D eigenvalue weighted by Crippen LogP contribution is 2.42. The van der Waals surface area contributed by atoms with Crippen LogP contribution in [-0.2, 0) is 22.5 Å². The van der Waals surface area contributed by atoms with Gasteiger partial charge in [0.2, 0.25) is 0 Å². The van der Waals surface area contributed by atoms with Crippen LogP contribution in [0, 0.1) is 6.92 Å². The second-order valence-corrected chi connectivity index (χ2v) is 9.73. The average Bonchev–Trinajstić information content (AvgIpc) is 2.80. The van der Waals surface area contributed by atoms with Crippen molar-refractivity contribution in [2.45, 2.75) is 32.2 Å². The normalized spacial score (nSPS) is 15.9. The third-order valence-electron chi connectivity index (χ3n) is 5.92. The number of carboxylic acid groups (broad SMARTS) is 1. The van der Waals surface area contributed by atoms with Crippen LogP contribution < -0.4 is 9.04 Å². The first-order valence-corrected chi connectivity index (χ1v) is 12.5. The molecule has 0 saturated heterocycles. The minimum Gasteiger partial charge on any atom is -0.755 e. The van der Waals surface area contributed by atoms with E-state index < -0.39 is 29.9 Å². The Kier molecular flexibility index (Phi) is 7.48. The van der Waals surface area contributed by atoms with Gasteiger partial charge in [-0.05, 0) is 84.3 Å². The van der Waals surface area contributed by atoms with Crippen LogP contribution in [0.3, 0.4) is 0 Å². The summed E-state index contributed by atoms with van der Waals surface area (Å²) in [6.45, 7) is 1.47. The molecule has 0 heterocycles. The number of ether oxygens (including phenoxy) is 1. The van der Waals surface area contributed by atoms with Gasteiger partial charge in [0, 0.05) is 17.0 Å². The van der Waals surface area contributed by atoms with E-state index in [4.69, 9.17) is 33.0 Å². The number of halogens is 2. The molecule has 2 atom stereocenters. The lowest BCUT2D eigenvalue weighted by atomic mass is 9.86. The first-order chi connectivity index (χ1) is 16.3. The number of hydrogen-bond donors (Lipinski definition) is 1. The first kappa shape index (κ1) is 24.5. The Morgan fingerprint density at radius 2 is 1.97 bits per heavy atom. The van der Waals surface area contributed by atoms with Crippen molar-refractivity contribution in [1.82, 2.24) is 0 Å². The SMILES string of the molecule is Cc1cc(N(C2CCCc3c(OCC(=O)O)cccc32)S(=O)[O-])ccc1-c1ccc(Cl)c(Cl)c1. The summed E-state index contributed by atoms with van der Waals surface area (Å²) in [5, 5.41) is 9.89. The van der Waals surface area contributed by atoms with Crippen LogP contribution in [0.4, 0.5) is 5.69 Å². The Morgan fingerprint density at radius 3 is 2.65 bits per heavy atom. The lowest BCUT2D eigenvalue weighted by molar-refractivity contribution is -0.139. The number of nitrogens with zero attached hydrogens (tertiary/aromatic N) is 1. The van der Waals surface area contributed by atoms with Gasteiger partial charge in [-0.2, -0.15) is 0 Å². The zero-order chi connectivity index (χ0) is 24.4. The standard InChI is InChI=1S/C25H23Cl2NO5S/c1-15-12-17(9-10-18(15)16-8-11-21(26)22(27)13-16)28(34(31)32)23-6-2-5-20-19(23)4-3-7-24(20)33-14-25(29)30/h3-4,7-13,23H,2,5-6,14H2,1H3,(H,29,30)(H,31,32)/p-1. The lowest BCUT2D eigenvalue weighted by Gasteiger charge is -2.38. The van der Waals surface area contributed by atoms with Gasteiger partial charge < -0.3 is 14.4 Å². The van der Waals surface area contributed by atoms with Crippen molar-refractivity contribution < 1.29 is 23.4 Å². The molecule has 3 aromatic carbocycles. The molecule has 1 aliphatic rings. The molecule has 9 heteroatoms. The summed E-state index contributed by atoms with van der Waals surface area (Å²) < 4.78 is 31.7. The molecular weight excluding hydrogens is 497 g/mol. The summed E-state index contributed by atoms with van der Waals surface area (Å²) in [7, 11) is 0. The molecule has 0 aromatic heterocycles. The van der Waals surface area contributed by atoms with E-state index in [2.05, 4.69) is 0 Å². The predicted octanol–water partition coefficient (Wildman–Crippen LogP) is 6.11. The molecule has 0 bridgehead atoms. The first-order valence-electron chi connectivity index (χ1n) is 10.7. The van der Waals surface area contributed by atoms with Crippen LogP contribution >= 0.6 is 23.2 Å². The lowest BCUT2D eigenvalue weighted by Crippen LogP contribution is -2.33. The molecule has 1 N–H and O–H groups in total. The third-order valence-corrected chi connectivity index (χ3v) is 7.45. The Labute approximate surface area is 210 Å². The van der Waals surface area contributed by atoms with Crippen molar-refractivity contribution in [1.29, 1.82) is 0 Å². The molecule has 0 amide bonds. The van der Waals surface area contributed by atoms with Gasteiger partial charge in [0.15, 0.2) is 6.61 Å². The van der Waals surface area contributed by atoms with Crippen LogP contribution in [0.5, 0.6) is 5.75 Å². The number of benzene rings is 3. The van der Waals surface area contributed by atoms with Gasteiger partial charge in [-0.25, -0.2) is 4.79 Å². The molecule has 3 aromatic rings. The third kappa shape index (κ3) is 5.08. The van der Waals surface area contributed by atoms with Crippen LogP contribution in [0.15, 0.2) is 54.6 Å². The van der Waals surface area contributed by atoms with Gasteiger partial charge >= 0.3 is 5.97 Å². The van der Waals surface area contributed by atoms with Crippen LogP contribution in [-0.4, -0.2) is 26.4 Å². The maximum Gasteiger partial charge on any atom is 0.341 e. The molecule has 2 unspecified atom stereocenters. The number of aryl methyl sites for hydroxylation is 1. The van der Waals surface area contributed by atoms with E-state index in [1.165, 1.54) is 4.31 Å². The molecule has 1 aliphatic carbocycles. The maximum absolute atomic E-state index is 12.4. The van der Waals surface area contributed by atoms with Crippen LogP contribution in [0.2, 0.25) is 10.0 Å². The van der Waals surface area contributed by atoms with Crippen molar-refractivity contribution in [3.63, 3.8) is 0 Å². The largest absolute Gasteiger partial charge is 0.755 e. The molecule has 6 nitrogen and oxygen atoms in total. The number of anilines is 1. The smallest absolute Gasteiger partial charge is 0.341 e. The number of aliphatic carboxylic acids is 1. The minimum atomic E-state index is -2.53. The molecule has 0 saturated carbocycles. The van der Waals surface area contributed by atoms with E-state index in [1.807, 2.05) is 31.2 Å². The molecule has 178 valence electrons. The van der Waals surface area contributed by atoms with Gasteiger partial charge in [-0.1, -0.05) is 47.5 Å². The predicted molar refractivity (Wildman–Crippen MR) is 133 cm³/mol. The highest BCUT2D eigenvalue weighted by atomic mass is 35.5.